The molecule has 4 rings (SSSR count). The van der Waals surface area contributed by atoms with E-state index in [2.05, 4.69) is 27.3 Å². The minimum atomic E-state index is -0.0765. The molecule has 1 aliphatic carbocycles. The van der Waals surface area contributed by atoms with Gasteiger partial charge in [0, 0.05) is 24.2 Å². The van der Waals surface area contributed by atoms with Crippen molar-refractivity contribution in [3.8, 4) is 5.75 Å². The van der Waals surface area contributed by atoms with Crippen LogP contribution in [0.4, 0.5) is 0 Å². The minimum Gasteiger partial charge on any atom is -0.497 e. The zero-order valence-corrected chi connectivity index (χ0v) is 18.7. The van der Waals surface area contributed by atoms with Crippen LogP contribution in [0.1, 0.15) is 43.2 Å². The van der Waals surface area contributed by atoms with Gasteiger partial charge in [0.05, 0.1) is 19.2 Å². The minimum absolute atomic E-state index is 0.0765. The average molecular weight is 436 g/mol. The Morgan fingerprint density at radius 1 is 1.13 bits per heavy atom. The van der Waals surface area contributed by atoms with E-state index in [1.54, 1.807) is 7.11 Å². The first-order chi connectivity index (χ1) is 15.1. The molecular weight excluding hydrogens is 406 g/mol. The van der Waals surface area contributed by atoms with Crippen LogP contribution >= 0.6 is 12.2 Å². The first-order valence-corrected chi connectivity index (χ1v) is 11.3. The predicted molar refractivity (Wildman–Crippen MR) is 129 cm³/mol. The van der Waals surface area contributed by atoms with E-state index in [1.165, 1.54) is 24.8 Å². The fraction of sp³-hybridized carbons (Fsp3) is 0.360. The lowest BCUT2D eigenvalue weighted by Gasteiger charge is -2.36. The zero-order chi connectivity index (χ0) is 21.6. The number of H-pyrrole nitrogens is 1. The molecule has 0 atom stereocenters. The molecule has 31 heavy (non-hydrogen) atoms. The number of ether oxygens (including phenoxy) is 1. The number of methoxy groups -OCH3 is 1. The summed E-state index contributed by atoms with van der Waals surface area (Å²) in [4.78, 5) is 18.1. The highest BCUT2D eigenvalue weighted by atomic mass is 32.1. The molecule has 1 aliphatic rings. The number of aromatic nitrogens is 1. The van der Waals surface area contributed by atoms with E-state index < -0.39 is 0 Å². The SMILES string of the molecule is COc1ccc2cc(CN(C(=S)NCc3ccccc3)C3CCCCC3)c(=O)[nH]c2c1. The largest absolute Gasteiger partial charge is 0.497 e. The summed E-state index contributed by atoms with van der Waals surface area (Å²) >= 11 is 5.81. The van der Waals surface area contributed by atoms with Crippen molar-refractivity contribution in [1.29, 1.82) is 0 Å². The number of nitrogens with one attached hydrogen (secondary N) is 2. The molecule has 1 heterocycles. The van der Waals surface area contributed by atoms with E-state index in [-0.39, 0.29) is 5.56 Å². The van der Waals surface area contributed by atoms with Gasteiger partial charge < -0.3 is 19.9 Å². The Morgan fingerprint density at radius 2 is 1.90 bits per heavy atom. The molecule has 0 aliphatic heterocycles. The Kier molecular flexibility index (Phi) is 6.87. The summed E-state index contributed by atoms with van der Waals surface area (Å²) < 4.78 is 5.28. The van der Waals surface area contributed by atoms with Crippen molar-refractivity contribution in [3.05, 3.63) is 76.1 Å². The Bertz CT molecular complexity index is 1090. The molecule has 2 aromatic carbocycles. The van der Waals surface area contributed by atoms with Crippen LogP contribution in [-0.4, -0.2) is 28.1 Å². The fourth-order valence-corrected chi connectivity index (χ4v) is 4.57. The van der Waals surface area contributed by atoms with Gasteiger partial charge in [-0.1, -0.05) is 49.6 Å². The molecule has 6 heteroatoms. The molecular formula is C25H29N3O2S. The van der Waals surface area contributed by atoms with Crippen LogP contribution in [-0.2, 0) is 13.1 Å². The molecule has 0 spiro atoms. The van der Waals surface area contributed by atoms with Gasteiger partial charge in [0.1, 0.15) is 5.75 Å². The van der Waals surface area contributed by atoms with E-state index in [0.717, 1.165) is 35.1 Å². The van der Waals surface area contributed by atoms with Gasteiger partial charge in [0.15, 0.2) is 5.11 Å². The summed E-state index contributed by atoms with van der Waals surface area (Å²) in [6, 6.07) is 18.3. The molecule has 0 radical (unpaired) electrons. The van der Waals surface area contributed by atoms with E-state index in [4.69, 9.17) is 17.0 Å². The first kappa shape index (κ1) is 21.4. The lowest BCUT2D eigenvalue weighted by molar-refractivity contribution is 0.234. The van der Waals surface area contributed by atoms with E-state index in [0.29, 0.717) is 24.2 Å². The number of hydrogen-bond donors (Lipinski definition) is 2. The lowest BCUT2D eigenvalue weighted by atomic mass is 9.94. The molecule has 0 saturated heterocycles. The van der Waals surface area contributed by atoms with Gasteiger partial charge in [-0.15, -0.1) is 0 Å². The molecule has 1 fully saturated rings. The van der Waals surface area contributed by atoms with Crippen molar-refractivity contribution in [2.75, 3.05) is 7.11 Å². The molecule has 3 aromatic rings. The molecule has 0 unspecified atom stereocenters. The summed E-state index contributed by atoms with van der Waals surface area (Å²) in [5.74, 6) is 0.728. The molecule has 162 valence electrons. The maximum atomic E-state index is 12.9. The maximum absolute atomic E-state index is 12.9. The third kappa shape index (κ3) is 5.25. The van der Waals surface area contributed by atoms with Crippen LogP contribution < -0.4 is 15.6 Å². The van der Waals surface area contributed by atoms with E-state index in [1.807, 2.05) is 42.5 Å². The Morgan fingerprint density at radius 3 is 2.65 bits per heavy atom. The summed E-state index contributed by atoms with van der Waals surface area (Å²) in [5, 5.41) is 5.12. The Balaban J connectivity index is 1.57. The summed E-state index contributed by atoms with van der Waals surface area (Å²) in [6.45, 7) is 1.18. The van der Waals surface area contributed by atoms with Crippen LogP contribution in [0.2, 0.25) is 0 Å². The molecule has 2 N–H and O–H groups in total. The number of aromatic amines is 1. The number of fused-ring (bicyclic) bond motifs is 1. The van der Waals surface area contributed by atoms with Crippen molar-refractivity contribution in [2.45, 2.75) is 51.2 Å². The van der Waals surface area contributed by atoms with Crippen molar-refractivity contribution in [3.63, 3.8) is 0 Å². The number of pyridine rings is 1. The van der Waals surface area contributed by atoms with Gasteiger partial charge in [0.25, 0.3) is 5.56 Å². The summed E-state index contributed by atoms with van der Waals surface area (Å²) in [5.41, 5.74) is 2.62. The highest BCUT2D eigenvalue weighted by molar-refractivity contribution is 7.80. The van der Waals surface area contributed by atoms with Crippen LogP contribution in [0.3, 0.4) is 0 Å². The fourth-order valence-electron chi connectivity index (χ4n) is 4.29. The predicted octanol–water partition coefficient (Wildman–Crippen LogP) is 4.75. The maximum Gasteiger partial charge on any atom is 0.253 e. The Hall–Kier alpha value is -2.86. The van der Waals surface area contributed by atoms with Crippen molar-refractivity contribution >= 4 is 28.2 Å². The second-order valence-corrected chi connectivity index (χ2v) is 8.53. The third-order valence-electron chi connectivity index (χ3n) is 6.03. The molecule has 5 nitrogen and oxygen atoms in total. The van der Waals surface area contributed by atoms with Gasteiger partial charge in [0.2, 0.25) is 0 Å². The summed E-state index contributed by atoms with van der Waals surface area (Å²) in [6.07, 6.45) is 5.89. The smallest absolute Gasteiger partial charge is 0.253 e. The van der Waals surface area contributed by atoms with Gasteiger partial charge in [-0.3, -0.25) is 4.79 Å². The lowest BCUT2D eigenvalue weighted by Crippen LogP contribution is -2.46. The van der Waals surface area contributed by atoms with Crippen LogP contribution in [0, 0.1) is 0 Å². The number of rotatable bonds is 6. The van der Waals surface area contributed by atoms with E-state index in [9.17, 15) is 4.79 Å². The van der Waals surface area contributed by atoms with Crippen LogP contribution in [0.15, 0.2) is 59.4 Å². The monoisotopic (exact) mass is 435 g/mol. The second kappa shape index (κ2) is 9.96. The van der Waals surface area contributed by atoms with Crippen molar-refractivity contribution < 1.29 is 4.74 Å². The second-order valence-electron chi connectivity index (χ2n) is 8.14. The number of nitrogens with zero attached hydrogens (tertiary/aromatic N) is 1. The normalized spacial score (nSPS) is 14.4. The van der Waals surface area contributed by atoms with Crippen LogP contribution in [0.25, 0.3) is 10.9 Å². The van der Waals surface area contributed by atoms with Crippen molar-refractivity contribution in [2.24, 2.45) is 0 Å². The van der Waals surface area contributed by atoms with Gasteiger partial charge >= 0.3 is 0 Å². The molecule has 1 saturated carbocycles. The first-order valence-electron chi connectivity index (χ1n) is 10.9. The summed E-state index contributed by atoms with van der Waals surface area (Å²) in [7, 11) is 1.62. The van der Waals surface area contributed by atoms with Gasteiger partial charge in [-0.25, -0.2) is 0 Å². The number of thiocarbonyl (C=S) groups is 1. The number of hydrogen-bond acceptors (Lipinski definition) is 3. The van der Waals surface area contributed by atoms with Crippen molar-refractivity contribution in [1.82, 2.24) is 15.2 Å². The standard InChI is InChI=1S/C25H29N3O2S/c1-30-22-13-12-19-14-20(24(29)27-23(19)15-22)17-28(21-10-6-3-7-11-21)25(31)26-16-18-8-4-2-5-9-18/h2,4-5,8-9,12-15,21H,3,6-7,10-11,16-17H2,1H3,(H,26,31)(H,27,29). The highest BCUT2D eigenvalue weighted by Gasteiger charge is 2.24. The Labute approximate surface area is 188 Å². The quantitative estimate of drug-likeness (QED) is 0.548. The van der Waals surface area contributed by atoms with Crippen LogP contribution in [0.5, 0.6) is 5.75 Å². The van der Waals surface area contributed by atoms with Gasteiger partial charge in [-0.2, -0.15) is 0 Å². The van der Waals surface area contributed by atoms with Gasteiger partial charge in [-0.05, 0) is 54.2 Å². The molecule has 0 bridgehead atoms. The average Bonchev–Trinajstić information content (AvgIpc) is 2.82. The molecule has 1 aromatic heterocycles. The third-order valence-corrected chi connectivity index (χ3v) is 6.41. The van der Waals surface area contributed by atoms with E-state index >= 15 is 0 Å². The zero-order valence-electron chi connectivity index (χ0n) is 17.9. The number of benzene rings is 2. The highest BCUT2D eigenvalue weighted by Crippen LogP contribution is 2.25. The topological polar surface area (TPSA) is 57.4 Å². The molecule has 0 amide bonds.